The molecular formula is C17H32INO3. The molecule has 0 aliphatic carbocycles. The molecule has 130 valence electrons. The molecule has 1 aliphatic rings. The lowest BCUT2D eigenvalue weighted by atomic mass is 9.94. The van der Waals surface area contributed by atoms with Crippen molar-refractivity contribution in [3.05, 3.63) is 0 Å². The van der Waals surface area contributed by atoms with E-state index in [-0.39, 0.29) is 17.8 Å². The zero-order valence-corrected chi connectivity index (χ0v) is 17.1. The fourth-order valence-corrected chi connectivity index (χ4v) is 3.76. The van der Waals surface area contributed by atoms with E-state index in [4.69, 9.17) is 9.47 Å². The Hall–Kier alpha value is -0.0400. The molecule has 0 N–H and O–H groups in total. The van der Waals surface area contributed by atoms with Gasteiger partial charge in [-0.05, 0) is 52.9 Å². The molecular weight excluding hydrogens is 393 g/mol. The monoisotopic (exact) mass is 425 g/mol. The molecule has 5 heteroatoms. The quantitative estimate of drug-likeness (QED) is 0.476. The molecule has 1 amide bonds. The highest BCUT2D eigenvalue weighted by atomic mass is 127. The molecule has 0 radical (unpaired) electrons. The summed E-state index contributed by atoms with van der Waals surface area (Å²) in [6.45, 7) is 13.7. The summed E-state index contributed by atoms with van der Waals surface area (Å²) in [6.07, 6.45) is 3.02. The molecule has 0 aromatic heterocycles. The van der Waals surface area contributed by atoms with Gasteiger partial charge in [0.15, 0.2) is 0 Å². The Morgan fingerprint density at radius 1 is 1.32 bits per heavy atom. The fraction of sp³-hybridized carbons (Fsp3) is 0.941. The summed E-state index contributed by atoms with van der Waals surface area (Å²) in [7, 11) is 0. The number of rotatable bonds is 5. The van der Waals surface area contributed by atoms with Crippen LogP contribution >= 0.6 is 22.6 Å². The summed E-state index contributed by atoms with van der Waals surface area (Å²) < 4.78 is 12.8. The maximum absolute atomic E-state index is 12.3. The summed E-state index contributed by atoms with van der Waals surface area (Å²) in [6, 6.07) is 0. The first-order valence-corrected chi connectivity index (χ1v) is 9.81. The maximum Gasteiger partial charge on any atom is 0.410 e. The van der Waals surface area contributed by atoms with Gasteiger partial charge in [-0.1, -0.05) is 36.4 Å². The normalized spacial score (nSPS) is 24.5. The van der Waals surface area contributed by atoms with Crippen molar-refractivity contribution in [1.29, 1.82) is 0 Å². The van der Waals surface area contributed by atoms with E-state index in [0.29, 0.717) is 12.5 Å². The largest absolute Gasteiger partial charge is 0.444 e. The number of hydrogen-bond acceptors (Lipinski definition) is 3. The fourth-order valence-electron chi connectivity index (χ4n) is 2.96. The number of ether oxygens (including phenoxy) is 2. The number of amides is 1. The minimum absolute atomic E-state index is 0.216. The SMILES string of the molecule is CC(C)CC(C)OC1(CI)CCCN(C(=O)OC(C)(C)C)C1. The van der Waals surface area contributed by atoms with Crippen molar-refractivity contribution in [2.45, 2.75) is 78.1 Å². The number of hydrogen-bond donors (Lipinski definition) is 0. The number of carbonyl (C=O) groups is 1. The molecule has 2 unspecified atom stereocenters. The lowest BCUT2D eigenvalue weighted by Crippen LogP contribution is -2.54. The third kappa shape index (κ3) is 6.60. The highest BCUT2D eigenvalue weighted by molar-refractivity contribution is 14.1. The van der Waals surface area contributed by atoms with Gasteiger partial charge in [-0.3, -0.25) is 0 Å². The van der Waals surface area contributed by atoms with E-state index >= 15 is 0 Å². The van der Waals surface area contributed by atoms with Crippen LogP contribution in [0.25, 0.3) is 0 Å². The van der Waals surface area contributed by atoms with E-state index in [1.807, 2.05) is 25.7 Å². The van der Waals surface area contributed by atoms with Crippen molar-refractivity contribution < 1.29 is 14.3 Å². The second kappa shape index (κ2) is 8.18. The van der Waals surface area contributed by atoms with Crippen LogP contribution in [0.15, 0.2) is 0 Å². The van der Waals surface area contributed by atoms with Crippen molar-refractivity contribution in [3.63, 3.8) is 0 Å². The average molecular weight is 425 g/mol. The summed E-state index contributed by atoms with van der Waals surface area (Å²) >= 11 is 2.38. The van der Waals surface area contributed by atoms with Crippen LogP contribution in [0.2, 0.25) is 0 Å². The van der Waals surface area contributed by atoms with Gasteiger partial charge in [0.1, 0.15) is 5.60 Å². The van der Waals surface area contributed by atoms with Crippen molar-refractivity contribution in [1.82, 2.24) is 4.90 Å². The Labute approximate surface area is 149 Å². The number of carbonyl (C=O) groups excluding carboxylic acids is 1. The highest BCUT2D eigenvalue weighted by Gasteiger charge is 2.39. The number of halogens is 1. The van der Waals surface area contributed by atoms with Crippen LogP contribution in [0.1, 0.15) is 60.8 Å². The number of nitrogens with zero attached hydrogens (tertiary/aromatic N) is 1. The Balaban J connectivity index is 2.70. The molecule has 1 rings (SSSR count). The van der Waals surface area contributed by atoms with Crippen molar-refractivity contribution in [2.24, 2.45) is 5.92 Å². The molecule has 0 aromatic carbocycles. The van der Waals surface area contributed by atoms with Crippen molar-refractivity contribution in [3.8, 4) is 0 Å². The van der Waals surface area contributed by atoms with Crippen molar-refractivity contribution >= 4 is 28.7 Å². The zero-order valence-electron chi connectivity index (χ0n) is 14.9. The number of likely N-dealkylation sites (tertiary alicyclic amines) is 1. The second-order valence-corrected chi connectivity index (χ2v) is 8.64. The first-order chi connectivity index (χ1) is 10.1. The molecule has 1 heterocycles. The second-order valence-electron chi connectivity index (χ2n) is 7.88. The first-order valence-electron chi connectivity index (χ1n) is 8.28. The minimum Gasteiger partial charge on any atom is -0.444 e. The van der Waals surface area contributed by atoms with E-state index in [1.165, 1.54) is 0 Å². The molecule has 0 spiro atoms. The zero-order chi connectivity index (χ0) is 17.0. The predicted octanol–water partition coefficient (Wildman–Crippen LogP) is 4.64. The topological polar surface area (TPSA) is 38.8 Å². The molecule has 1 saturated heterocycles. The lowest BCUT2D eigenvalue weighted by molar-refractivity contribution is -0.110. The van der Waals surface area contributed by atoms with Gasteiger partial charge in [-0.15, -0.1) is 0 Å². The molecule has 22 heavy (non-hydrogen) atoms. The van der Waals surface area contributed by atoms with Crippen LogP contribution < -0.4 is 0 Å². The third-order valence-electron chi connectivity index (χ3n) is 3.69. The van der Waals surface area contributed by atoms with Gasteiger partial charge in [0.2, 0.25) is 0 Å². The maximum atomic E-state index is 12.3. The van der Waals surface area contributed by atoms with E-state index in [9.17, 15) is 4.79 Å². The Morgan fingerprint density at radius 3 is 2.45 bits per heavy atom. The molecule has 0 bridgehead atoms. The van der Waals surface area contributed by atoms with Crippen LogP contribution in [-0.2, 0) is 9.47 Å². The van der Waals surface area contributed by atoms with Gasteiger partial charge < -0.3 is 14.4 Å². The molecule has 1 aliphatic heterocycles. The third-order valence-corrected chi connectivity index (χ3v) is 5.08. The van der Waals surface area contributed by atoms with E-state index in [1.54, 1.807) is 0 Å². The average Bonchev–Trinajstić information content (AvgIpc) is 2.35. The van der Waals surface area contributed by atoms with Gasteiger partial charge in [-0.25, -0.2) is 4.79 Å². The minimum atomic E-state index is -0.451. The van der Waals surface area contributed by atoms with E-state index < -0.39 is 5.60 Å². The Morgan fingerprint density at radius 2 is 1.95 bits per heavy atom. The van der Waals surface area contributed by atoms with Gasteiger partial charge in [0.05, 0.1) is 18.2 Å². The predicted molar refractivity (Wildman–Crippen MR) is 98.7 cm³/mol. The molecule has 0 aromatic rings. The molecule has 2 atom stereocenters. The smallest absolute Gasteiger partial charge is 0.410 e. The van der Waals surface area contributed by atoms with Crippen LogP contribution in [0.4, 0.5) is 4.79 Å². The van der Waals surface area contributed by atoms with Gasteiger partial charge in [0, 0.05) is 11.0 Å². The van der Waals surface area contributed by atoms with Crippen LogP contribution in [0, 0.1) is 5.92 Å². The lowest BCUT2D eigenvalue weighted by Gasteiger charge is -2.43. The molecule has 0 saturated carbocycles. The standard InChI is InChI=1S/C17H32INO3/c1-13(2)10-14(3)21-17(11-18)8-7-9-19(12-17)15(20)22-16(4,5)6/h13-14H,7-12H2,1-6H3. The number of piperidine rings is 1. The van der Waals surface area contributed by atoms with Gasteiger partial charge in [0.25, 0.3) is 0 Å². The van der Waals surface area contributed by atoms with Crippen LogP contribution in [-0.4, -0.2) is 45.8 Å². The van der Waals surface area contributed by atoms with Gasteiger partial charge >= 0.3 is 6.09 Å². The summed E-state index contributed by atoms with van der Waals surface area (Å²) in [5, 5.41) is 0. The van der Waals surface area contributed by atoms with Crippen LogP contribution in [0.5, 0.6) is 0 Å². The van der Waals surface area contributed by atoms with Crippen molar-refractivity contribution in [2.75, 3.05) is 17.5 Å². The molecule has 4 nitrogen and oxygen atoms in total. The Bertz CT molecular complexity index is 367. The van der Waals surface area contributed by atoms with E-state index in [2.05, 4.69) is 43.4 Å². The summed E-state index contributed by atoms with van der Waals surface area (Å²) in [5.74, 6) is 0.617. The summed E-state index contributed by atoms with van der Waals surface area (Å²) in [5.41, 5.74) is -0.683. The molecule has 1 fully saturated rings. The van der Waals surface area contributed by atoms with E-state index in [0.717, 1.165) is 30.2 Å². The van der Waals surface area contributed by atoms with Gasteiger partial charge in [-0.2, -0.15) is 0 Å². The Kier molecular flexibility index (Phi) is 7.43. The first kappa shape index (κ1) is 20.0. The summed E-state index contributed by atoms with van der Waals surface area (Å²) in [4.78, 5) is 14.1. The number of alkyl halides is 1. The van der Waals surface area contributed by atoms with Crippen LogP contribution in [0.3, 0.4) is 0 Å². The highest BCUT2D eigenvalue weighted by Crippen LogP contribution is 2.31.